The Morgan fingerprint density at radius 3 is 2.55 bits per heavy atom. The number of hydrogen-bond donors (Lipinski definition) is 2. The average Bonchev–Trinajstić information content (AvgIpc) is 2.92. The minimum atomic E-state index is -0.300. The number of carbonyl (C=O) groups excluding carboxylic acids is 1. The van der Waals surface area contributed by atoms with Crippen molar-refractivity contribution in [2.24, 2.45) is 0 Å². The molecule has 0 aliphatic rings. The van der Waals surface area contributed by atoms with Gasteiger partial charge in [0.2, 0.25) is 0 Å². The Hall–Kier alpha value is -2.64. The average molecular weight is 304 g/mol. The zero-order valence-corrected chi connectivity index (χ0v) is 13.1. The number of hydrogen-bond acceptors (Lipinski definition) is 5. The van der Waals surface area contributed by atoms with Crippen molar-refractivity contribution in [1.29, 1.82) is 0 Å². The highest BCUT2D eigenvalue weighted by Crippen LogP contribution is 2.14. The Morgan fingerprint density at radius 2 is 1.95 bits per heavy atom. The molecule has 0 saturated heterocycles. The number of nitrogens with one attached hydrogen (secondary N) is 2. The fourth-order valence-corrected chi connectivity index (χ4v) is 1.78. The molecule has 2 amide bonds. The highest BCUT2D eigenvalue weighted by Gasteiger charge is 2.15. The Balaban J connectivity index is 2.04. The van der Waals surface area contributed by atoms with Gasteiger partial charge in [0.15, 0.2) is 5.82 Å². The third-order valence-electron chi connectivity index (χ3n) is 2.75. The van der Waals surface area contributed by atoms with E-state index in [0.29, 0.717) is 5.82 Å². The summed E-state index contributed by atoms with van der Waals surface area (Å²) >= 11 is 0. The molecule has 8 nitrogen and oxygen atoms in total. The van der Waals surface area contributed by atoms with E-state index in [0.717, 1.165) is 11.4 Å². The quantitative estimate of drug-likeness (QED) is 0.887. The van der Waals surface area contributed by atoms with Crippen LogP contribution in [-0.2, 0) is 6.54 Å². The monoisotopic (exact) mass is 304 g/mol. The number of aromatic nitrogens is 4. The molecule has 0 spiro atoms. The van der Waals surface area contributed by atoms with Crippen LogP contribution >= 0.6 is 0 Å². The van der Waals surface area contributed by atoms with Gasteiger partial charge in [0.25, 0.3) is 0 Å². The molecule has 0 atom stereocenters. The predicted octanol–water partition coefficient (Wildman–Crippen LogP) is 1.27. The van der Waals surface area contributed by atoms with Crippen molar-refractivity contribution in [1.82, 2.24) is 30.8 Å². The van der Waals surface area contributed by atoms with Crippen molar-refractivity contribution in [3.05, 3.63) is 30.1 Å². The topological polar surface area (TPSA) is 94.0 Å². The SMILES string of the molecule is COc1ccc(-n2nnnc2CNC(=O)NC(C)(C)C)cc1. The molecule has 2 N–H and O–H groups in total. The number of tetrazole rings is 1. The van der Waals surface area contributed by atoms with Crippen LogP contribution in [0, 0.1) is 0 Å². The Bertz CT molecular complexity index is 630. The summed E-state index contributed by atoms with van der Waals surface area (Å²) < 4.78 is 6.68. The van der Waals surface area contributed by atoms with Crippen molar-refractivity contribution < 1.29 is 9.53 Å². The molecule has 0 fully saturated rings. The minimum absolute atomic E-state index is 0.223. The summed E-state index contributed by atoms with van der Waals surface area (Å²) in [5.41, 5.74) is 0.491. The van der Waals surface area contributed by atoms with Crippen LogP contribution in [0.4, 0.5) is 4.79 Å². The van der Waals surface area contributed by atoms with E-state index in [-0.39, 0.29) is 18.1 Å². The van der Waals surface area contributed by atoms with Crippen LogP contribution < -0.4 is 15.4 Å². The molecule has 1 aromatic heterocycles. The van der Waals surface area contributed by atoms with Crippen LogP contribution in [0.1, 0.15) is 26.6 Å². The van der Waals surface area contributed by atoms with Crippen LogP contribution in [0.2, 0.25) is 0 Å². The maximum atomic E-state index is 11.8. The summed E-state index contributed by atoms with van der Waals surface area (Å²) in [6.45, 7) is 5.96. The molecule has 8 heteroatoms. The zero-order valence-electron chi connectivity index (χ0n) is 13.1. The van der Waals surface area contributed by atoms with Crippen molar-refractivity contribution in [2.45, 2.75) is 32.9 Å². The normalized spacial score (nSPS) is 11.1. The highest BCUT2D eigenvalue weighted by molar-refractivity contribution is 5.74. The van der Waals surface area contributed by atoms with E-state index in [9.17, 15) is 4.79 Å². The summed E-state index contributed by atoms with van der Waals surface area (Å²) in [7, 11) is 1.61. The Labute approximate surface area is 128 Å². The first kappa shape index (κ1) is 15.7. The van der Waals surface area contributed by atoms with Crippen LogP contribution in [0.5, 0.6) is 5.75 Å². The molecule has 0 radical (unpaired) electrons. The van der Waals surface area contributed by atoms with Gasteiger partial charge >= 0.3 is 6.03 Å². The zero-order chi connectivity index (χ0) is 16.2. The molecule has 0 bridgehead atoms. The third kappa shape index (κ3) is 4.18. The number of urea groups is 1. The summed E-state index contributed by atoms with van der Waals surface area (Å²) in [4.78, 5) is 11.8. The first-order valence-electron chi connectivity index (χ1n) is 6.87. The number of rotatable bonds is 4. The number of carbonyl (C=O) groups is 1. The Kier molecular flexibility index (Phi) is 4.59. The largest absolute Gasteiger partial charge is 0.497 e. The van der Waals surface area contributed by atoms with E-state index in [1.54, 1.807) is 11.8 Å². The van der Waals surface area contributed by atoms with Gasteiger partial charge in [-0.3, -0.25) is 0 Å². The van der Waals surface area contributed by atoms with Crippen LogP contribution in [0.25, 0.3) is 5.69 Å². The van der Waals surface area contributed by atoms with Gasteiger partial charge in [0, 0.05) is 5.54 Å². The van der Waals surface area contributed by atoms with Crippen molar-refractivity contribution >= 4 is 6.03 Å². The first-order chi connectivity index (χ1) is 10.4. The van der Waals surface area contributed by atoms with Gasteiger partial charge in [-0.25, -0.2) is 4.79 Å². The van der Waals surface area contributed by atoms with E-state index < -0.39 is 0 Å². The van der Waals surface area contributed by atoms with Gasteiger partial charge in [-0.1, -0.05) is 0 Å². The molecule has 2 aromatic rings. The molecule has 0 unspecified atom stereocenters. The second-order valence-electron chi connectivity index (χ2n) is 5.76. The summed E-state index contributed by atoms with van der Waals surface area (Å²) in [6.07, 6.45) is 0. The molecular weight excluding hydrogens is 284 g/mol. The van der Waals surface area contributed by atoms with Gasteiger partial charge in [-0.2, -0.15) is 4.68 Å². The van der Waals surface area contributed by atoms with E-state index in [2.05, 4.69) is 26.2 Å². The molecule has 22 heavy (non-hydrogen) atoms. The molecular formula is C14H20N6O2. The fourth-order valence-electron chi connectivity index (χ4n) is 1.78. The smallest absolute Gasteiger partial charge is 0.315 e. The number of amides is 2. The van der Waals surface area contributed by atoms with Gasteiger partial charge in [0.05, 0.1) is 19.3 Å². The lowest BCUT2D eigenvalue weighted by molar-refractivity contribution is 0.231. The number of benzene rings is 1. The van der Waals surface area contributed by atoms with Crippen molar-refractivity contribution in [2.75, 3.05) is 7.11 Å². The lowest BCUT2D eigenvalue weighted by Gasteiger charge is -2.20. The van der Waals surface area contributed by atoms with Gasteiger partial charge in [0.1, 0.15) is 5.75 Å². The van der Waals surface area contributed by atoms with Gasteiger partial charge in [-0.15, -0.1) is 5.10 Å². The standard InChI is InChI=1S/C14H20N6O2/c1-14(2,3)16-13(21)15-9-12-17-18-19-20(12)10-5-7-11(22-4)8-6-10/h5-8H,9H2,1-4H3,(H2,15,16,21). The molecule has 118 valence electrons. The van der Waals surface area contributed by atoms with Gasteiger partial charge < -0.3 is 15.4 Å². The van der Waals surface area contributed by atoms with E-state index >= 15 is 0 Å². The summed E-state index contributed by atoms with van der Waals surface area (Å²) in [5.74, 6) is 1.29. The van der Waals surface area contributed by atoms with E-state index in [1.165, 1.54) is 0 Å². The number of nitrogens with zero attached hydrogens (tertiary/aromatic N) is 4. The van der Waals surface area contributed by atoms with Gasteiger partial charge in [-0.05, 0) is 55.5 Å². The van der Waals surface area contributed by atoms with Crippen LogP contribution in [0.3, 0.4) is 0 Å². The first-order valence-corrected chi connectivity index (χ1v) is 6.87. The lowest BCUT2D eigenvalue weighted by Crippen LogP contribution is -2.46. The van der Waals surface area contributed by atoms with Crippen LogP contribution in [-0.4, -0.2) is 38.9 Å². The molecule has 2 rings (SSSR count). The predicted molar refractivity (Wildman–Crippen MR) is 80.8 cm³/mol. The molecule has 0 saturated carbocycles. The van der Waals surface area contributed by atoms with Crippen molar-refractivity contribution in [3.63, 3.8) is 0 Å². The van der Waals surface area contributed by atoms with E-state index in [4.69, 9.17) is 4.74 Å². The molecule has 1 heterocycles. The minimum Gasteiger partial charge on any atom is -0.497 e. The molecule has 1 aromatic carbocycles. The maximum absolute atomic E-state index is 11.8. The maximum Gasteiger partial charge on any atom is 0.315 e. The van der Waals surface area contributed by atoms with Crippen molar-refractivity contribution in [3.8, 4) is 11.4 Å². The second-order valence-corrected chi connectivity index (χ2v) is 5.76. The third-order valence-corrected chi connectivity index (χ3v) is 2.75. The molecule has 0 aliphatic carbocycles. The van der Waals surface area contributed by atoms with Crippen LogP contribution in [0.15, 0.2) is 24.3 Å². The fraction of sp³-hybridized carbons (Fsp3) is 0.429. The lowest BCUT2D eigenvalue weighted by atomic mass is 10.1. The Morgan fingerprint density at radius 1 is 1.27 bits per heavy atom. The summed E-state index contributed by atoms with van der Waals surface area (Å²) in [6, 6.07) is 7.06. The number of ether oxygens (including phenoxy) is 1. The highest BCUT2D eigenvalue weighted by atomic mass is 16.5. The summed E-state index contributed by atoms with van der Waals surface area (Å²) in [5, 5.41) is 17.1. The van der Waals surface area contributed by atoms with E-state index in [1.807, 2.05) is 45.0 Å². The number of methoxy groups -OCH3 is 1. The molecule has 0 aliphatic heterocycles. The second kappa shape index (κ2) is 6.42.